The molecular formula is C17H24N4. The van der Waals surface area contributed by atoms with Crippen LogP contribution >= 0.6 is 0 Å². The molecule has 1 fully saturated rings. The van der Waals surface area contributed by atoms with Crippen molar-refractivity contribution in [3.05, 3.63) is 48.3 Å². The molecule has 0 bridgehead atoms. The number of rotatable bonds is 5. The molecule has 1 aliphatic heterocycles. The van der Waals surface area contributed by atoms with Crippen LogP contribution in [-0.2, 0) is 6.54 Å². The predicted molar refractivity (Wildman–Crippen MR) is 85.2 cm³/mol. The van der Waals surface area contributed by atoms with Crippen molar-refractivity contribution in [2.45, 2.75) is 25.8 Å². The van der Waals surface area contributed by atoms with Gasteiger partial charge in [0.1, 0.15) is 0 Å². The van der Waals surface area contributed by atoms with Crippen molar-refractivity contribution in [2.24, 2.45) is 11.7 Å². The van der Waals surface area contributed by atoms with Crippen molar-refractivity contribution in [3.63, 3.8) is 0 Å². The maximum atomic E-state index is 5.71. The second kappa shape index (κ2) is 6.87. The third-order valence-electron chi connectivity index (χ3n) is 4.29. The van der Waals surface area contributed by atoms with Crippen LogP contribution in [0.4, 0.5) is 0 Å². The number of nitrogens with zero attached hydrogens (tertiary/aromatic N) is 3. The first kappa shape index (κ1) is 14.3. The lowest BCUT2D eigenvalue weighted by Crippen LogP contribution is -2.36. The molecule has 3 rings (SSSR count). The molecular weight excluding hydrogens is 260 g/mol. The van der Waals surface area contributed by atoms with E-state index in [4.69, 9.17) is 5.73 Å². The summed E-state index contributed by atoms with van der Waals surface area (Å²) in [4.78, 5) is 2.54. The van der Waals surface area contributed by atoms with Gasteiger partial charge in [0, 0.05) is 19.3 Å². The molecule has 1 aromatic carbocycles. The molecule has 0 radical (unpaired) electrons. The average molecular weight is 284 g/mol. The standard InChI is InChI=1S/C17H24N4/c18-10-8-15-5-4-12-20(13-15)14-17-9-11-19-21(17)16-6-2-1-3-7-16/h1-3,6-7,9,11,15H,4-5,8,10,12-14,18H2. The Morgan fingerprint density at radius 1 is 1.19 bits per heavy atom. The molecule has 0 aliphatic carbocycles. The van der Waals surface area contributed by atoms with Crippen LogP contribution in [0.5, 0.6) is 0 Å². The second-order valence-electron chi connectivity index (χ2n) is 5.89. The third-order valence-corrected chi connectivity index (χ3v) is 4.29. The summed E-state index contributed by atoms with van der Waals surface area (Å²) in [5.41, 5.74) is 8.10. The molecule has 0 spiro atoms. The summed E-state index contributed by atoms with van der Waals surface area (Å²) in [6.45, 7) is 4.12. The van der Waals surface area contributed by atoms with E-state index in [-0.39, 0.29) is 0 Å². The summed E-state index contributed by atoms with van der Waals surface area (Å²) in [5.74, 6) is 0.761. The molecule has 1 aromatic heterocycles. The molecule has 1 atom stereocenters. The van der Waals surface area contributed by atoms with E-state index in [9.17, 15) is 0 Å². The van der Waals surface area contributed by atoms with E-state index in [1.54, 1.807) is 0 Å². The van der Waals surface area contributed by atoms with Gasteiger partial charge in [0.25, 0.3) is 0 Å². The average Bonchev–Trinajstić information content (AvgIpc) is 2.97. The Balaban J connectivity index is 1.70. The van der Waals surface area contributed by atoms with Crippen LogP contribution in [0.2, 0.25) is 0 Å². The molecule has 4 nitrogen and oxygen atoms in total. The normalized spacial score (nSPS) is 19.8. The number of piperidine rings is 1. The van der Waals surface area contributed by atoms with Crippen molar-refractivity contribution in [2.75, 3.05) is 19.6 Å². The molecule has 1 unspecified atom stereocenters. The number of benzene rings is 1. The van der Waals surface area contributed by atoms with Gasteiger partial charge in [-0.1, -0.05) is 18.2 Å². The lowest BCUT2D eigenvalue weighted by Gasteiger charge is -2.32. The maximum absolute atomic E-state index is 5.71. The number of aromatic nitrogens is 2. The van der Waals surface area contributed by atoms with Crippen molar-refractivity contribution in [1.82, 2.24) is 14.7 Å². The number of para-hydroxylation sites is 1. The fourth-order valence-corrected chi connectivity index (χ4v) is 3.25. The largest absolute Gasteiger partial charge is 0.330 e. The Labute approximate surface area is 126 Å². The quantitative estimate of drug-likeness (QED) is 0.917. The summed E-state index contributed by atoms with van der Waals surface area (Å²) >= 11 is 0. The van der Waals surface area contributed by atoms with Gasteiger partial charge in [0.2, 0.25) is 0 Å². The van der Waals surface area contributed by atoms with Crippen LogP contribution in [0.25, 0.3) is 5.69 Å². The van der Waals surface area contributed by atoms with E-state index in [2.05, 4.69) is 40.3 Å². The van der Waals surface area contributed by atoms with E-state index in [1.165, 1.54) is 25.1 Å². The van der Waals surface area contributed by atoms with Gasteiger partial charge in [-0.05, 0) is 56.5 Å². The highest BCUT2D eigenvalue weighted by Crippen LogP contribution is 2.21. The molecule has 1 saturated heterocycles. The fraction of sp³-hybridized carbons (Fsp3) is 0.471. The highest BCUT2D eigenvalue weighted by Gasteiger charge is 2.20. The summed E-state index contributed by atoms with van der Waals surface area (Å²) in [7, 11) is 0. The highest BCUT2D eigenvalue weighted by molar-refractivity contribution is 5.32. The van der Waals surface area contributed by atoms with Crippen molar-refractivity contribution in [3.8, 4) is 5.69 Å². The predicted octanol–water partition coefficient (Wildman–Crippen LogP) is 2.43. The van der Waals surface area contributed by atoms with Gasteiger partial charge in [0.15, 0.2) is 0 Å². The van der Waals surface area contributed by atoms with Crippen LogP contribution in [0, 0.1) is 5.92 Å². The first-order valence-corrected chi connectivity index (χ1v) is 7.87. The number of likely N-dealkylation sites (tertiary alicyclic amines) is 1. The number of hydrogen-bond acceptors (Lipinski definition) is 3. The minimum Gasteiger partial charge on any atom is -0.330 e. The summed E-state index contributed by atoms with van der Waals surface area (Å²) in [6.07, 6.45) is 5.65. The zero-order chi connectivity index (χ0) is 14.5. The fourth-order valence-electron chi connectivity index (χ4n) is 3.25. The van der Waals surface area contributed by atoms with Gasteiger partial charge in [-0.25, -0.2) is 4.68 Å². The van der Waals surface area contributed by atoms with Gasteiger partial charge in [0.05, 0.1) is 11.4 Å². The molecule has 2 N–H and O–H groups in total. The Morgan fingerprint density at radius 3 is 2.86 bits per heavy atom. The highest BCUT2D eigenvalue weighted by atomic mass is 15.3. The van der Waals surface area contributed by atoms with E-state index in [0.29, 0.717) is 0 Å². The molecule has 0 amide bonds. The van der Waals surface area contributed by atoms with Crippen LogP contribution < -0.4 is 5.73 Å². The van der Waals surface area contributed by atoms with Crippen LogP contribution in [0.1, 0.15) is 25.0 Å². The van der Waals surface area contributed by atoms with Crippen molar-refractivity contribution >= 4 is 0 Å². The first-order chi connectivity index (χ1) is 10.4. The minimum absolute atomic E-state index is 0.761. The van der Waals surface area contributed by atoms with E-state index >= 15 is 0 Å². The first-order valence-electron chi connectivity index (χ1n) is 7.87. The molecule has 21 heavy (non-hydrogen) atoms. The third kappa shape index (κ3) is 3.52. The van der Waals surface area contributed by atoms with Crippen molar-refractivity contribution in [1.29, 1.82) is 0 Å². The van der Waals surface area contributed by atoms with E-state index in [1.807, 2.05) is 16.9 Å². The number of hydrogen-bond donors (Lipinski definition) is 1. The zero-order valence-corrected chi connectivity index (χ0v) is 12.5. The molecule has 1 aliphatic rings. The Hall–Kier alpha value is -1.65. The lowest BCUT2D eigenvalue weighted by molar-refractivity contribution is 0.160. The molecule has 112 valence electrons. The van der Waals surface area contributed by atoms with Gasteiger partial charge < -0.3 is 5.73 Å². The van der Waals surface area contributed by atoms with Gasteiger partial charge in [-0.2, -0.15) is 5.10 Å². The summed E-state index contributed by atoms with van der Waals surface area (Å²) in [6, 6.07) is 12.5. The van der Waals surface area contributed by atoms with Crippen LogP contribution in [-0.4, -0.2) is 34.3 Å². The molecule has 0 saturated carbocycles. The van der Waals surface area contributed by atoms with Crippen LogP contribution in [0.3, 0.4) is 0 Å². The maximum Gasteiger partial charge on any atom is 0.0649 e. The van der Waals surface area contributed by atoms with Gasteiger partial charge in [-0.15, -0.1) is 0 Å². The second-order valence-corrected chi connectivity index (χ2v) is 5.89. The topological polar surface area (TPSA) is 47.1 Å². The molecule has 4 heteroatoms. The van der Waals surface area contributed by atoms with Gasteiger partial charge in [-0.3, -0.25) is 4.90 Å². The SMILES string of the molecule is NCCC1CCCN(Cc2ccnn2-c2ccccc2)C1. The van der Waals surface area contributed by atoms with Crippen LogP contribution in [0.15, 0.2) is 42.6 Å². The lowest BCUT2D eigenvalue weighted by atomic mass is 9.95. The number of nitrogens with two attached hydrogens (primary N) is 1. The summed E-state index contributed by atoms with van der Waals surface area (Å²) < 4.78 is 2.05. The molecule has 2 aromatic rings. The zero-order valence-electron chi connectivity index (χ0n) is 12.5. The summed E-state index contributed by atoms with van der Waals surface area (Å²) in [5, 5.41) is 4.48. The van der Waals surface area contributed by atoms with Gasteiger partial charge >= 0.3 is 0 Å². The van der Waals surface area contributed by atoms with E-state index in [0.717, 1.165) is 37.7 Å². The molecule has 2 heterocycles. The Morgan fingerprint density at radius 2 is 2.05 bits per heavy atom. The van der Waals surface area contributed by atoms with Crippen molar-refractivity contribution < 1.29 is 0 Å². The monoisotopic (exact) mass is 284 g/mol. The Bertz CT molecular complexity index is 547. The smallest absolute Gasteiger partial charge is 0.0649 e. The minimum atomic E-state index is 0.761. The Kier molecular flexibility index (Phi) is 4.68. The van der Waals surface area contributed by atoms with E-state index < -0.39 is 0 Å².